The molecule has 3 N–H and O–H groups in total. The van der Waals surface area contributed by atoms with E-state index >= 15 is 0 Å². The number of likely N-dealkylation sites (N-methyl/N-ethyl adjacent to an activating group) is 1. The second-order valence-corrected chi connectivity index (χ2v) is 8.14. The van der Waals surface area contributed by atoms with Crippen molar-refractivity contribution in [2.75, 3.05) is 26.2 Å². The first kappa shape index (κ1) is 21.9. The molecule has 0 heterocycles. The number of ether oxygens (including phenoxy) is 1. The fraction of sp³-hybridized carbons (Fsp3) is 0.435. The van der Waals surface area contributed by atoms with Gasteiger partial charge in [0.05, 0.1) is 6.54 Å². The molecule has 152 valence electrons. The Morgan fingerprint density at radius 1 is 1.07 bits per heavy atom. The highest BCUT2D eigenvalue weighted by Gasteiger charge is 2.20. The fourth-order valence-corrected chi connectivity index (χ4v) is 2.99. The van der Waals surface area contributed by atoms with E-state index in [1.807, 2.05) is 70.2 Å². The number of quaternary nitrogens is 1. The Hall–Kier alpha value is -2.37. The molecule has 0 aromatic heterocycles. The van der Waals surface area contributed by atoms with Gasteiger partial charge < -0.3 is 20.1 Å². The zero-order valence-electron chi connectivity index (χ0n) is 17.4. The van der Waals surface area contributed by atoms with E-state index in [1.54, 1.807) is 0 Å². The molecule has 0 aliphatic rings. The van der Waals surface area contributed by atoms with Gasteiger partial charge in [0.25, 0.3) is 5.91 Å². The van der Waals surface area contributed by atoms with Gasteiger partial charge in [0.1, 0.15) is 25.0 Å². The van der Waals surface area contributed by atoms with Crippen LogP contribution in [0.25, 0.3) is 11.1 Å². The maximum atomic E-state index is 12.1. The third-order valence-corrected chi connectivity index (χ3v) is 4.35. The highest BCUT2D eigenvalue weighted by atomic mass is 16.5. The summed E-state index contributed by atoms with van der Waals surface area (Å²) in [7, 11) is 0. The number of benzene rings is 2. The van der Waals surface area contributed by atoms with Gasteiger partial charge in [-0.15, -0.1) is 0 Å². The summed E-state index contributed by atoms with van der Waals surface area (Å²) >= 11 is 0. The summed E-state index contributed by atoms with van der Waals surface area (Å²) < 4.78 is 5.73. The van der Waals surface area contributed by atoms with E-state index in [2.05, 4.69) is 17.4 Å². The summed E-state index contributed by atoms with van der Waals surface area (Å²) in [6.07, 6.45) is -0.633. The molecule has 0 aliphatic carbocycles. The number of hydrogen-bond donors (Lipinski definition) is 3. The standard InChI is InChI=1S/C23H32N2O3/c1-5-25(16-22(27)24-23(2,3)4)15-20(26)17-28-21-13-11-19(12-14-21)18-9-7-6-8-10-18/h6-14,20,26H,5,15-17H2,1-4H3,(H,24,27)/p+1/t20-/m0/s1. The van der Waals surface area contributed by atoms with E-state index in [0.717, 1.165) is 28.3 Å². The van der Waals surface area contributed by atoms with Gasteiger partial charge in [0.2, 0.25) is 0 Å². The molecule has 0 bridgehead atoms. The Morgan fingerprint density at radius 2 is 1.68 bits per heavy atom. The van der Waals surface area contributed by atoms with Gasteiger partial charge in [-0.05, 0) is 51.0 Å². The molecule has 5 heteroatoms. The summed E-state index contributed by atoms with van der Waals surface area (Å²) in [6, 6.07) is 18.0. The molecular weight excluding hydrogens is 352 g/mol. The number of rotatable bonds is 9. The minimum atomic E-state index is -0.633. The van der Waals surface area contributed by atoms with Gasteiger partial charge >= 0.3 is 0 Å². The van der Waals surface area contributed by atoms with E-state index in [9.17, 15) is 9.90 Å². The summed E-state index contributed by atoms with van der Waals surface area (Å²) in [5, 5.41) is 13.3. The number of carbonyl (C=O) groups is 1. The number of hydrogen-bond acceptors (Lipinski definition) is 3. The predicted octanol–water partition coefficient (Wildman–Crippen LogP) is 1.91. The first-order chi connectivity index (χ1) is 13.3. The van der Waals surface area contributed by atoms with Gasteiger partial charge in [0.15, 0.2) is 6.54 Å². The lowest BCUT2D eigenvalue weighted by atomic mass is 10.1. The molecule has 0 spiro atoms. The number of aliphatic hydroxyl groups is 1. The second-order valence-electron chi connectivity index (χ2n) is 8.14. The molecule has 2 atom stereocenters. The number of nitrogens with one attached hydrogen (secondary N) is 2. The Kier molecular flexibility index (Phi) is 8.03. The summed E-state index contributed by atoms with van der Waals surface area (Å²) in [4.78, 5) is 13.1. The third-order valence-electron chi connectivity index (χ3n) is 4.35. The van der Waals surface area contributed by atoms with E-state index in [-0.39, 0.29) is 18.1 Å². The van der Waals surface area contributed by atoms with Crippen LogP contribution < -0.4 is 15.0 Å². The molecular formula is C23H33N2O3+. The van der Waals surface area contributed by atoms with E-state index in [0.29, 0.717) is 13.1 Å². The fourth-order valence-electron chi connectivity index (χ4n) is 2.99. The average molecular weight is 386 g/mol. The Balaban J connectivity index is 1.80. The van der Waals surface area contributed by atoms with Crippen LogP contribution in [0.3, 0.4) is 0 Å². The molecule has 0 radical (unpaired) electrons. The SMILES string of the molecule is CC[NH+](CC(=O)NC(C)(C)C)C[C@H](O)COc1ccc(-c2ccccc2)cc1. The van der Waals surface area contributed by atoms with Crippen molar-refractivity contribution in [1.29, 1.82) is 0 Å². The molecule has 0 saturated heterocycles. The summed E-state index contributed by atoms with van der Waals surface area (Å²) in [5.41, 5.74) is 2.04. The second kappa shape index (κ2) is 10.2. The van der Waals surface area contributed by atoms with Crippen LogP contribution in [-0.4, -0.2) is 48.9 Å². The molecule has 0 saturated carbocycles. The van der Waals surface area contributed by atoms with Crippen molar-refractivity contribution in [1.82, 2.24) is 5.32 Å². The first-order valence-corrected chi connectivity index (χ1v) is 9.87. The normalized spacial score (nSPS) is 13.6. The zero-order valence-corrected chi connectivity index (χ0v) is 17.4. The molecule has 2 rings (SSSR count). The molecule has 28 heavy (non-hydrogen) atoms. The van der Waals surface area contributed by atoms with Crippen LogP contribution in [0.4, 0.5) is 0 Å². The van der Waals surface area contributed by atoms with Crippen LogP contribution in [0.5, 0.6) is 5.75 Å². The monoisotopic (exact) mass is 385 g/mol. The molecule has 5 nitrogen and oxygen atoms in total. The number of carbonyl (C=O) groups excluding carboxylic acids is 1. The minimum absolute atomic E-state index is 0.00558. The largest absolute Gasteiger partial charge is 0.491 e. The quantitative estimate of drug-likeness (QED) is 0.618. The van der Waals surface area contributed by atoms with Crippen molar-refractivity contribution in [2.24, 2.45) is 0 Å². The van der Waals surface area contributed by atoms with Crippen molar-refractivity contribution >= 4 is 5.91 Å². The Bertz CT molecular complexity index is 724. The third kappa shape index (κ3) is 7.71. The van der Waals surface area contributed by atoms with Gasteiger partial charge in [0, 0.05) is 5.54 Å². The van der Waals surface area contributed by atoms with Crippen LogP contribution in [-0.2, 0) is 4.79 Å². The zero-order chi connectivity index (χ0) is 20.6. The van der Waals surface area contributed by atoms with Crippen molar-refractivity contribution in [2.45, 2.75) is 39.3 Å². The van der Waals surface area contributed by atoms with Crippen molar-refractivity contribution in [3.8, 4) is 16.9 Å². The lowest BCUT2D eigenvalue weighted by Crippen LogP contribution is -3.14. The highest BCUT2D eigenvalue weighted by molar-refractivity contribution is 5.77. The first-order valence-electron chi connectivity index (χ1n) is 9.87. The number of amides is 1. The van der Waals surface area contributed by atoms with Crippen LogP contribution in [0.1, 0.15) is 27.7 Å². The lowest BCUT2D eigenvalue weighted by Gasteiger charge is -2.24. The molecule has 2 aromatic carbocycles. The van der Waals surface area contributed by atoms with Crippen molar-refractivity contribution in [3.63, 3.8) is 0 Å². The molecule has 2 aromatic rings. The van der Waals surface area contributed by atoms with Crippen molar-refractivity contribution < 1.29 is 19.5 Å². The molecule has 1 amide bonds. The molecule has 0 fully saturated rings. The van der Waals surface area contributed by atoms with Crippen LogP contribution in [0.2, 0.25) is 0 Å². The Morgan fingerprint density at radius 3 is 2.25 bits per heavy atom. The van der Waals surface area contributed by atoms with Crippen LogP contribution in [0.15, 0.2) is 54.6 Å². The lowest BCUT2D eigenvalue weighted by molar-refractivity contribution is -0.893. The van der Waals surface area contributed by atoms with Gasteiger partial charge in [-0.1, -0.05) is 42.5 Å². The number of aliphatic hydroxyl groups excluding tert-OH is 1. The summed E-state index contributed by atoms with van der Waals surface area (Å²) in [5.74, 6) is 0.719. The van der Waals surface area contributed by atoms with Crippen molar-refractivity contribution in [3.05, 3.63) is 54.6 Å². The van der Waals surface area contributed by atoms with E-state index in [1.165, 1.54) is 0 Å². The van der Waals surface area contributed by atoms with Gasteiger partial charge in [-0.2, -0.15) is 0 Å². The average Bonchev–Trinajstić information content (AvgIpc) is 2.65. The van der Waals surface area contributed by atoms with Gasteiger partial charge in [-0.25, -0.2) is 0 Å². The minimum Gasteiger partial charge on any atom is -0.491 e. The maximum Gasteiger partial charge on any atom is 0.275 e. The predicted molar refractivity (Wildman–Crippen MR) is 113 cm³/mol. The maximum absolute atomic E-state index is 12.1. The van der Waals surface area contributed by atoms with Crippen LogP contribution >= 0.6 is 0 Å². The van der Waals surface area contributed by atoms with E-state index < -0.39 is 6.10 Å². The van der Waals surface area contributed by atoms with E-state index in [4.69, 9.17) is 4.74 Å². The Labute approximate surface area is 168 Å². The van der Waals surface area contributed by atoms with Crippen LogP contribution in [0, 0.1) is 0 Å². The smallest absolute Gasteiger partial charge is 0.275 e. The van der Waals surface area contributed by atoms with Gasteiger partial charge in [-0.3, -0.25) is 4.79 Å². The topological polar surface area (TPSA) is 63.0 Å². The molecule has 0 aliphatic heterocycles. The molecule has 1 unspecified atom stereocenters. The highest BCUT2D eigenvalue weighted by Crippen LogP contribution is 2.22. The summed E-state index contributed by atoms with van der Waals surface area (Å²) in [6.45, 7) is 9.67.